The topological polar surface area (TPSA) is 169 Å². The molecule has 3 amide bonds. The van der Waals surface area contributed by atoms with Gasteiger partial charge in [0.05, 0.1) is 20.9 Å². The number of aliphatic hydroxyl groups is 1. The molecule has 2 fully saturated rings. The minimum atomic E-state index is -3.85. The number of hydrogen-bond donors (Lipinski definition) is 3. The van der Waals surface area contributed by atoms with E-state index in [0.717, 1.165) is 22.9 Å². The minimum absolute atomic E-state index is 0.00101. The lowest BCUT2D eigenvalue weighted by molar-refractivity contribution is -0.125. The second-order valence-electron chi connectivity index (χ2n) is 16.5. The first kappa shape index (κ1) is 43.7. The fraction of sp³-hybridized carbons (Fsp3) is 0.561. The Labute approximate surface area is 330 Å². The van der Waals surface area contributed by atoms with Crippen LogP contribution < -0.4 is 10.6 Å². The van der Waals surface area contributed by atoms with Crippen LogP contribution >= 0.6 is 11.3 Å². The van der Waals surface area contributed by atoms with Gasteiger partial charge < -0.3 is 25.4 Å². The highest BCUT2D eigenvalue weighted by molar-refractivity contribution is 7.89. The van der Waals surface area contributed by atoms with Crippen LogP contribution in [0.1, 0.15) is 109 Å². The Morgan fingerprint density at radius 1 is 0.964 bits per heavy atom. The summed E-state index contributed by atoms with van der Waals surface area (Å²) in [4.78, 5) is 40.6. The molecule has 3 aromatic rings. The molecule has 3 atom stereocenters. The first-order valence-electron chi connectivity index (χ1n) is 19.0. The van der Waals surface area contributed by atoms with Crippen LogP contribution in [0.2, 0.25) is 0 Å². The minimum Gasteiger partial charge on any atom is -0.444 e. The van der Waals surface area contributed by atoms with Gasteiger partial charge in [-0.05, 0) is 115 Å². The van der Waals surface area contributed by atoms with E-state index in [4.69, 9.17) is 4.74 Å². The molecule has 14 heteroatoms. The van der Waals surface area contributed by atoms with Crippen molar-refractivity contribution >= 4 is 49.4 Å². The van der Waals surface area contributed by atoms with Crippen molar-refractivity contribution in [3.8, 4) is 6.07 Å². The molecular weight excluding hydrogens is 739 g/mol. The first-order valence-corrected chi connectivity index (χ1v) is 21.3. The maximum absolute atomic E-state index is 13.5. The number of nitriles is 1. The molecule has 3 heterocycles. The zero-order valence-electron chi connectivity index (χ0n) is 33.2. The van der Waals surface area contributed by atoms with Crippen molar-refractivity contribution in [1.29, 1.82) is 5.26 Å². The molecule has 2 aliphatic rings. The van der Waals surface area contributed by atoms with Crippen LogP contribution in [0, 0.1) is 17.2 Å². The van der Waals surface area contributed by atoms with Crippen molar-refractivity contribution in [2.24, 2.45) is 5.92 Å². The Morgan fingerprint density at radius 2 is 1.64 bits per heavy atom. The SMILES string of the molecule is CC(C)C[C@H](NC(=O)c1cc2ccccc2s1)C(=O)NC1(C)CCCN(S(=O)(=O)c2ccccc2C#N)CC1.CC1(O)CCCN(C(=O)OC(C)(C)C)CC1. The van der Waals surface area contributed by atoms with Crippen LogP contribution in [0.25, 0.3) is 10.1 Å². The van der Waals surface area contributed by atoms with E-state index in [1.54, 1.807) is 17.0 Å². The molecule has 3 N–H and O–H groups in total. The molecule has 0 radical (unpaired) electrons. The largest absolute Gasteiger partial charge is 0.444 e. The highest BCUT2D eigenvalue weighted by Gasteiger charge is 2.37. The highest BCUT2D eigenvalue weighted by Crippen LogP contribution is 2.29. The van der Waals surface area contributed by atoms with E-state index < -0.39 is 32.8 Å². The monoisotopic (exact) mass is 795 g/mol. The number of nitrogens with zero attached hydrogens (tertiary/aromatic N) is 3. The number of nitrogens with one attached hydrogen (secondary N) is 2. The number of amides is 3. The molecule has 2 aromatic carbocycles. The van der Waals surface area contributed by atoms with Crippen LogP contribution in [0.5, 0.6) is 0 Å². The molecule has 0 bridgehead atoms. The van der Waals surface area contributed by atoms with Crippen molar-refractivity contribution in [1.82, 2.24) is 19.8 Å². The zero-order chi connectivity index (χ0) is 40.6. The van der Waals surface area contributed by atoms with Crippen molar-refractivity contribution in [3.63, 3.8) is 0 Å². The van der Waals surface area contributed by atoms with Crippen LogP contribution in [-0.2, 0) is 19.6 Å². The number of ether oxygens (including phenoxy) is 1. The van der Waals surface area contributed by atoms with Crippen LogP contribution in [0.15, 0.2) is 59.5 Å². The van der Waals surface area contributed by atoms with Crippen molar-refractivity contribution in [2.75, 3.05) is 26.2 Å². The summed E-state index contributed by atoms with van der Waals surface area (Å²) in [7, 11) is -3.85. The zero-order valence-corrected chi connectivity index (χ0v) is 34.8. The third-order valence-corrected chi connectivity index (χ3v) is 12.9. The number of hydrogen-bond acceptors (Lipinski definition) is 9. The van der Waals surface area contributed by atoms with Gasteiger partial charge in [-0.2, -0.15) is 9.57 Å². The molecule has 5 rings (SSSR count). The summed E-state index contributed by atoms with van der Waals surface area (Å²) in [5.74, 6) is -0.380. The van der Waals surface area contributed by atoms with Gasteiger partial charge in [0.25, 0.3) is 5.91 Å². The second kappa shape index (κ2) is 18.3. The summed E-state index contributed by atoms with van der Waals surface area (Å²) in [5.41, 5.74) is -1.63. The van der Waals surface area contributed by atoms with Gasteiger partial charge in [-0.1, -0.05) is 44.2 Å². The molecule has 0 aliphatic carbocycles. The van der Waals surface area contributed by atoms with Gasteiger partial charge in [-0.15, -0.1) is 11.3 Å². The van der Waals surface area contributed by atoms with Crippen LogP contribution in [-0.4, -0.2) is 89.6 Å². The van der Waals surface area contributed by atoms with E-state index in [-0.39, 0.29) is 40.8 Å². The summed E-state index contributed by atoms with van der Waals surface area (Å²) in [6, 6.07) is 17.1. The maximum Gasteiger partial charge on any atom is 0.410 e. The lowest BCUT2D eigenvalue weighted by atomic mass is 9.92. The predicted octanol–water partition coefficient (Wildman–Crippen LogP) is 6.83. The molecule has 0 saturated carbocycles. The van der Waals surface area contributed by atoms with Crippen molar-refractivity contribution in [2.45, 2.75) is 121 Å². The molecule has 1 aromatic heterocycles. The molecule has 2 unspecified atom stereocenters. The summed E-state index contributed by atoms with van der Waals surface area (Å²) < 4.78 is 34.4. The standard InChI is InChI=1S/C29H34N4O4S2.C12H23NO3/c1-20(2)17-23(31-28(35)25-18-21-9-4-6-11-24(21)38-25)27(34)32-29(3)13-8-15-33(16-14-29)39(36,37)26-12-7-5-10-22(26)19-30;1-11(2,3)16-10(14)13-8-5-6-12(4,15)7-9-13/h4-7,9-12,18,20,23H,8,13-17H2,1-3H3,(H,31,35)(H,32,34);15H,5-9H2,1-4H3/t23-,29?;/m0./s1. The van der Waals surface area contributed by atoms with Crippen molar-refractivity contribution in [3.05, 3.63) is 65.0 Å². The third-order valence-electron chi connectivity index (χ3n) is 9.79. The number of rotatable bonds is 8. The molecule has 12 nitrogen and oxygen atoms in total. The Bertz CT molecular complexity index is 1930. The van der Waals surface area contributed by atoms with Gasteiger partial charge in [0.15, 0.2) is 0 Å². The number of carbonyl (C=O) groups excluding carboxylic acids is 3. The second-order valence-corrected chi connectivity index (χ2v) is 19.5. The number of likely N-dealkylation sites (tertiary alicyclic amines) is 1. The first-order chi connectivity index (χ1) is 25.7. The summed E-state index contributed by atoms with van der Waals surface area (Å²) in [5, 5.41) is 26.4. The lowest BCUT2D eigenvalue weighted by Gasteiger charge is -2.32. The molecule has 300 valence electrons. The fourth-order valence-corrected chi connectivity index (χ4v) is 9.31. The normalized spacial score (nSPS) is 21.6. The number of benzene rings is 2. The van der Waals surface area contributed by atoms with E-state index in [2.05, 4.69) is 10.6 Å². The van der Waals surface area contributed by atoms with E-state index in [0.29, 0.717) is 56.6 Å². The lowest BCUT2D eigenvalue weighted by Crippen LogP contribution is -2.55. The van der Waals surface area contributed by atoms with Gasteiger partial charge in [-0.25, -0.2) is 13.2 Å². The average molecular weight is 796 g/mol. The third kappa shape index (κ3) is 12.5. The van der Waals surface area contributed by atoms with Gasteiger partial charge >= 0.3 is 6.09 Å². The number of thiophene rings is 1. The van der Waals surface area contributed by atoms with Crippen LogP contribution in [0.3, 0.4) is 0 Å². The van der Waals surface area contributed by atoms with Gasteiger partial charge in [0.1, 0.15) is 17.7 Å². The smallest absolute Gasteiger partial charge is 0.410 e. The maximum atomic E-state index is 13.5. The van der Waals surface area contributed by atoms with E-state index >= 15 is 0 Å². The Morgan fingerprint density at radius 3 is 2.31 bits per heavy atom. The van der Waals surface area contributed by atoms with E-state index in [1.807, 2.05) is 84.9 Å². The summed E-state index contributed by atoms with van der Waals surface area (Å²) in [6.45, 7) is 15.1. The Kier molecular flexibility index (Phi) is 14.5. The molecule has 2 saturated heterocycles. The number of carbonyl (C=O) groups is 3. The number of fused-ring (bicyclic) bond motifs is 1. The van der Waals surface area contributed by atoms with Gasteiger partial charge in [-0.3, -0.25) is 9.59 Å². The Balaban J connectivity index is 0.000000352. The summed E-state index contributed by atoms with van der Waals surface area (Å²) in [6.07, 6.45) is 3.93. The predicted molar refractivity (Wildman–Crippen MR) is 215 cm³/mol. The van der Waals surface area contributed by atoms with Gasteiger partial charge in [0, 0.05) is 36.4 Å². The molecule has 2 aliphatic heterocycles. The molecule has 55 heavy (non-hydrogen) atoms. The fourth-order valence-electron chi connectivity index (χ4n) is 6.73. The van der Waals surface area contributed by atoms with E-state index in [9.17, 15) is 33.2 Å². The quantitative estimate of drug-likeness (QED) is 0.223. The van der Waals surface area contributed by atoms with E-state index in [1.165, 1.54) is 27.8 Å². The average Bonchev–Trinajstić information content (AvgIpc) is 3.33. The highest BCUT2D eigenvalue weighted by atomic mass is 32.2. The molecule has 0 spiro atoms. The summed E-state index contributed by atoms with van der Waals surface area (Å²) >= 11 is 1.39. The molecular formula is C41H57N5O7S2. The van der Waals surface area contributed by atoms with Crippen LogP contribution in [0.4, 0.5) is 4.79 Å². The van der Waals surface area contributed by atoms with Gasteiger partial charge in [0.2, 0.25) is 15.9 Å². The Hall–Kier alpha value is -4.03. The number of sulfonamides is 1. The van der Waals surface area contributed by atoms with Crippen molar-refractivity contribution < 1.29 is 32.6 Å².